The van der Waals surface area contributed by atoms with E-state index >= 15 is 0 Å². The van der Waals surface area contributed by atoms with Crippen molar-refractivity contribution < 1.29 is 24.3 Å². The Kier molecular flexibility index (Phi) is 7.34. The highest BCUT2D eigenvalue weighted by molar-refractivity contribution is 5.69. The van der Waals surface area contributed by atoms with Crippen LogP contribution in [-0.2, 0) is 17.9 Å². The van der Waals surface area contributed by atoms with Gasteiger partial charge in [-0.15, -0.1) is 0 Å². The first-order valence-corrected chi connectivity index (χ1v) is 8.74. The van der Waals surface area contributed by atoms with Gasteiger partial charge < -0.3 is 19.5 Å². The first kappa shape index (κ1) is 21.2. The van der Waals surface area contributed by atoms with Crippen LogP contribution in [0.1, 0.15) is 18.1 Å². The maximum Gasteiger partial charge on any atom is 0.307 e. The summed E-state index contributed by atoms with van der Waals surface area (Å²) in [5.74, 6) is -0.138. The second-order valence-corrected chi connectivity index (χ2v) is 6.63. The molecule has 0 radical (unpaired) electrons. The monoisotopic (exact) mass is 388 g/mol. The molecule has 0 fully saturated rings. The summed E-state index contributed by atoms with van der Waals surface area (Å²) in [5.41, 5.74) is 1.81. The van der Waals surface area contributed by atoms with Crippen molar-refractivity contribution in [3.05, 3.63) is 63.7 Å². The normalized spacial score (nSPS) is 11.9. The number of non-ortho nitro benzene ring substituents is 1. The molecule has 2 rings (SSSR count). The molecule has 0 spiro atoms. The van der Waals surface area contributed by atoms with E-state index < -0.39 is 16.8 Å². The molecule has 0 aliphatic heterocycles. The summed E-state index contributed by atoms with van der Waals surface area (Å²) in [5, 5.41) is 19.7. The van der Waals surface area contributed by atoms with Crippen molar-refractivity contribution in [2.75, 3.05) is 20.7 Å². The lowest BCUT2D eigenvalue weighted by Crippen LogP contribution is -2.28. The lowest BCUT2D eigenvalue weighted by Gasteiger charge is -2.20. The number of hydrogen-bond donors (Lipinski definition) is 1. The molecule has 2 aromatic carbocycles. The number of nitrogens with zero attached hydrogens (tertiary/aromatic N) is 2. The summed E-state index contributed by atoms with van der Waals surface area (Å²) in [6, 6.07) is 11.7. The Morgan fingerprint density at radius 2 is 1.82 bits per heavy atom. The van der Waals surface area contributed by atoms with Gasteiger partial charge in [0.2, 0.25) is 0 Å². The highest BCUT2D eigenvalue weighted by Gasteiger charge is 2.14. The number of carbonyl (C=O) groups is 1. The van der Waals surface area contributed by atoms with Gasteiger partial charge in [-0.2, -0.15) is 0 Å². The van der Waals surface area contributed by atoms with E-state index in [2.05, 4.69) is 0 Å². The Hall–Kier alpha value is -3.13. The Morgan fingerprint density at radius 3 is 2.39 bits per heavy atom. The first-order valence-electron chi connectivity index (χ1n) is 8.74. The third-order valence-electron chi connectivity index (χ3n) is 4.23. The van der Waals surface area contributed by atoms with Crippen LogP contribution in [-0.4, -0.2) is 41.6 Å². The van der Waals surface area contributed by atoms with Gasteiger partial charge in [0, 0.05) is 25.2 Å². The highest BCUT2D eigenvalue weighted by Crippen LogP contribution is 2.29. The van der Waals surface area contributed by atoms with Crippen molar-refractivity contribution in [2.24, 2.45) is 5.92 Å². The van der Waals surface area contributed by atoms with E-state index in [0.29, 0.717) is 24.6 Å². The van der Waals surface area contributed by atoms with Crippen LogP contribution in [0.4, 0.5) is 5.69 Å². The highest BCUT2D eigenvalue weighted by atomic mass is 16.6. The maximum atomic E-state index is 11.0. The second kappa shape index (κ2) is 9.70. The summed E-state index contributed by atoms with van der Waals surface area (Å²) in [7, 11) is 3.42. The number of aliphatic carboxylic acids is 1. The topological polar surface area (TPSA) is 102 Å². The summed E-state index contributed by atoms with van der Waals surface area (Å²) in [6.45, 7) is 2.95. The molecule has 0 heterocycles. The predicted molar refractivity (Wildman–Crippen MR) is 104 cm³/mol. The van der Waals surface area contributed by atoms with Crippen molar-refractivity contribution in [3.63, 3.8) is 0 Å². The Labute approximate surface area is 163 Å². The van der Waals surface area contributed by atoms with E-state index in [4.69, 9.17) is 14.6 Å². The number of carboxylic acids is 1. The summed E-state index contributed by atoms with van der Waals surface area (Å²) < 4.78 is 11.2. The average molecular weight is 388 g/mol. The molecule has 1 atom stereocenters. The Balaban J connectivity index is 2.00. The zero-order valence-corrected chi connectivity index (χ0v) is 16.1. The molecule has 0 saturated heterocycles. The van der Waals surface area contributed by atoms with Gasteiger partial charge in [0.05, 0.1) is 18.0 Å². The van der Waals surface area contributed by atoms with E-state index in [0.717, 1.165) is 11.1 Å². The number of nitro groups is 1. The molecule has 1 N–H and O–H groups in total. The minimum absolute atomic E-state index is 0.0343. The fourth-order valence-electron chi connectivity index (χ4n) is 2.73. The van der Waals surface area contributed by atoms with E-state index in [1.165, 1.54) is 12.1 Å². The molecular formula is C20H24N2O6. The molecule has 1 unspecified atom stereocenters. The number of ether oxygens (including phenoxy) is 2. The van der Waals surface area contributed by atoms with Crippen molar-refractivity contribution in [3.8, 4) is 11.5 Å². The lowest BCUT2D eigenvalue weighted by molar-refractivity contribution is -0.384. The molecule has 0 aliphatic rings. The van der Waals surface area contributed by atoms with Crippen molar-refractivity contribution in [1.82, 2.24) is 4.90 Å². The minimum Gasteiger partial charge on any atom is -0.493 e. The summed E-state index contributed by atoms with van der Waals surface area (Å²) >= 11 is 0. The number of nitro benzene ring substituents is 1. The number of benzene rings is 2. The zero-order chi connectivity index (χ0) is 20.7. The molecule has 8 heteroatoms. The number of rotatable bonds is 10. The molecule has 0 bridgehead atoms. The SMILES string of the molecule is COc1cc(CN(C)CC(C)C(=O)O)ccc1OCc1ccc([N+](=O)[O-])cc1. The minimum atomic E-state index is -0.820. The van der Waals surface area contributed by atoms with Crippen molar-refractivity contribution in [2.45, 2.75) is 20.1 Å². The fourth-order valence-corrected chi connectivity index (χ4v) is 2.73. The van der Waals surface area contributed by atoms with Gasteiger partial charge in [-0.05, 0) is 42.4 Å². The Morgan fingerprint density at radius 1 is 1.18 bits per heavy atom. The third-order valence-corrected chi connectivity index (χ3v) is 4.23. The quantitative estimate of drug-likeness (QED) is 0.492. The third kappa shape index (κ3) is 5.95. The van der Waals surface area contributed by atoms with Gasteiger partial charge in [0.25, 0.3) is 5.69 Å². The van der Waals surface area contributed by atoms with E-state index in [1.807, 2.05) is 24.1 Å². The van der Waals surface area contributed by atoms with E-state index in [-0.39, 0.29) is 12.3 Å². The van der Waals surface area contributed by atoms with Crippen LogP contribution < -0.4 is 9.47 Å². The predicted octanol–water partition coefficient (Wildman–Crippen LogP) is 3.33. The summed E-state index contributed by atoms with van der Waals surface area (Å²) in [6.07, 6.45) is 0. The standard InChI is InChI=1S/C20H24N2O6/c1-14(20(23)24)11-21(2)12-16-6-9-18(19(10-16)27-3)28-13-15-4-7-17(8-5-15)22(25)26/h4-10,14H,11-13H2,1-3H3,(H,23,24). The van der Waals surface area contributed by atoms with Gasteiger partial charge in [-0.25, -0.2) is 0 Å². The van der Waals surface area contributed by atoms with Gasteiger partial charge in [-0.3, -0.25) is 14.9 Å². The Bertz CT molecular complexity index is 822. The largest absolute Gasteiger partial charge is 0.493 e. The van der Waals surface area contributed by atoms with Gasteiger partial charge >= 0.3 is 5.97 Å². The lowest BCUT2D eigenvalue weighted by atomic mass is 10.1. The molecule has 28 heavy (non-hydrogen) atoms. The van der Waals surface area contributed by atoms with Crippen LogP contribution in [0.15, 0.2) is 42.5 Å². The number of carboxylic acid groups (broad SMARTS) is 1. The molecule has 8 nitrogen and oxygen atoms in total. The molecule has 0 aromatic heterocycles. The van der Waals surface area contributed by atoms with Gasteiger partial charge in [0.15, 0.2) is 11.5 Å². The first-order chi connectivity index (χ1) is 13.3. The fraction of sp³-hybridized carbons (Fsp3) is 0.350. The number of methoxy groups -OCH3 is 1. The zero-order valence-electron chi connectivity index (χ0n) is 16.1. The second-order valence-electron chi connectivity index (χ2n) is 6.63. The summed E-state index contributed by atoms with van der Waals surface area (Å²) in [4.78, 5) is 23.2. The molecule has 0 amide bonds. The van der Waals surface area contributed by atoms with Crippen LogP contribution in [0.3, 0.4) is 0 Å². The average Bonchev–Trinajstić information content (AvgIpc) is 2.66. The van der Waals surface area contributed by atoms with E-state index in [9.17, 15) is 14.9 Å². The maximum absolute atomic E-state index is 11.0. The molecule has 150 valence electrons. The smallest absolute Gasteiger partial charge is 0.307 e. The molecule has 0 aliphatic carbocycles. The molecular weight excluding hydrogens is 364 g/mol. The van der Waals surface area contributed by atoms with Gasteiger partial charge in [-0.1, -0.05) is 13.0 Å². The van der Waals surface area contributed by atoms with Crippen LogP contribution >= 0.6 is 0 Å². The van der Waals surface area contributed by atoms with Crippen molar-refractivity contribution in [1.29, 1.82) is 0 Å². The van der Waals surface area contributed by atoms with E-state index in [1.54, 1.807) is 32.2 Å². The van der Waals surface area contributed by atoms with Crippen LogP contribution in [0.5, 0.6) is 11.5 Å². The molecule has 0 saturated carbocycles. The van der Waals surface area contributed by atoms with Crippen LogP contribution in [0.25, 0.3) is 0 Å². The molecule has 2 aromatic rings. The van der Waals surface area contributed by atoms with Crippen LogP contribution in [0.2, 0.25) is 0 Å². The van der Waals surface area contributed by atoms with Gasteiger partial charge in [0.1, 0.15) is 6.61 Å². The van der Waals surface area contributed by atoms with Crippen LogP contribution in [0, 0.1) is 16.0 Å². The van der Waals surface area contributed by atoms with Crippen molar-refractivity contribution >= 4 is 11.7 Å². The number of hydrogen-bond acceptors (Lipinski definition) is 6.